The van der Waals surface area contributed by atoms with Crippen molar-refractivity contribution in [2.24, 2.45) is 0 Å². The number of carbonyl (C=O) groups excluding carboxylic acids is 1. The Balaban J connectivity index is 1.09. The fourth-order valence-corrected chi connectivity index (χ4v) is 8.19. The van der Waals surface area contributed by atoms with Crippen molar-refractivity contribution in [2.75, 3.05) is 55.4 Å². The number of amides is 1. The highest BCUT2D eigenvalue weighted by Gasteiger charge is 2.28. The molecule has 3 aromatic heterocycles. The Morgan fingerprint density at radius 1 is 0.912 bits per heavy atom. The Kier molecular flexibility index (Phi) is 11.0. The molecule has 294 valence electrons. The summed E-state index contributed by atoms with van der Waals surface area (Å²) >= 11 is 0. The lowest BCUT2D eigenvalue weighted by atomic mass is 9.98. The number of pyridine rings is 1. The highest BCUT2D eigenvalue weighted by molar-refractivity contribution is 6.07. The predicted octanol–water partition coefficient (Wildman–Crippen LogP) is 8.90. The Bertz CT molecular complexity index is 2390. The monoisotopic (exact) mass is 772 g/mol. The first kappa shape index (κ1) is 37.8. The largest absolute Gasteiger partial charge is 0.494 e. The number of nitrogens with zero attached hydrogens (tertiary/aromatic N) is 6. The number of halogens is 2. The molecule has 0 aliphatic carbocycles. The number of rotatable bonds is 11. The fraction of sp³-hybridized carbons (Fsp3) is 0.318. The van der Waals surface area contributed by atoms with Crippen molar-refractivity contribution in [3.63, 3.8) is 0 Å². The maximum atomic E-state index is 14.5. The number of imidazole rings is 1. The van der Waals surface area contributed by atoms with Crippen molar-refractivity contribution in [1.29, 1.82) is 0 Å². The van der Waals surface area contributed by atoms with Gasteiger partial charge < -0.3 is 29.9 Å². The molecule has 6 aromatic rings. The molecule has 2 fully saturated rings. The van der Waals surface area contributed by atoms with Crippen LogP contribution in [0.4, 0.5) is 31.8 Å². The van der Waals surface area contributed by atoms with Gasteiger partial charge >= 0.3 is 0 Å². The van der Waals surface area contributed by atoms with Crippen LogP contribution in [0.5, 0.6) is 11.5 Å². The van der Waals surface area contributed by atoms with Crippen LogP contribution in [0.25, 0.3) is 28.3 Å². The van der Waals surface area contributed by atoms with Crippen LogP contribution < -0.4 is 25.0 Å². The summed E-state index contributed by atoms with van der Waals surface area (Å²) in [6.07, 6.45) is 9.86. The van der Waals surface area contributed by atoms with Crippen molar-refractivity contribution in [3.8, 4) is 34.1 Å². The van der Waals surface area contributed by atoms with Crippen LogP contribution in [0.2, 0.25) is 0 Å². The Morgan fingerprint density at radius 3 is 2.46 bits per heavy atom. The van der Waals surface area contributed by atoms with E-state index < -0.39 is 23.2 Å². The van der Waals surface area contributed by atoms with Gasteiger partial charge in [-0.05, 0) is 113 Å². The topological polar surface area (TPSA) is 109 Å². The molecule has 0 saturated carbocycles. The van der Waals surface area contributed by atoms with E-state index in [2.05, 4.69) is 38.4 Å². The molecule has 2 aliphatic heterocycles. The maximum Gasteiger partial charge on any atom is 0.259 e. The first-order chi connectivity index (χ1) is 27.8. The Labute approximate surface area is 330 Å². The second kappa shape index (κ2) is 16.6. The summed E-state index contributed by atoms with van der Waals surface area (Å²) in [7, 11) is 1.68. The number of nitrogens with one attached hydrogen (secondary N) is 2. The molecule has 1 amide bonds. The van der Waals surface area contributed by atoms with E-state index in [1.165, 1.54) is 44.1 Å². The highest BCUT2D eigenvalue weighted by atomic mass is 19.1. The number of likely N-dealkylation sites (tertiary alicyclic amines) is 1. The lowest BCUT2D eigenvalue weighted by Crippen LogP contribution is -2.46. The van der Waals surface area contributed by atoms with E-state index >= 15 is 0 Å². The molecule has 8 rings (SSSR count). The predicted molar refractivity (Wildman–Crippen MR) is 219 cm³/mol. The quantitative estimate of drug-likeness (QED) is 0.134. The van der Waals surface area contributed by atoms with E-state index in [-0.39, 0.29) is 17.9 Å². The minimum Gasteiger partial charge on any atom is -0.494 e. The minimum atomic E-state index is -0.889. The van der Waals surface area contributed by atoms with E-state index in [1.807, 2.05) is 34.9 Å². The summed E-state index contributed by atoms with van der Waals surface area (Å²) in [6.45, 7) is 8.62. The van der Waals surface area contributed by atoms with Gasteiger partial charge in [-0.2, -0.15) is 0 Å². The van der Waals surface area contributed by atoms with E-state index in [9.17, 15) is 13.6 Å². The van der Waals surface area contributed by atoms with Gasteiger partial charge in [0.25, 0.3) is 5.91 Å². The van der Waals surface area contributed by atoms with Crippen LogP contribution in [0, 0.1) is 18.6 Å². The minimum absolute atomic E-state index is 0.0855. The van der Waals surface area contributed by atoms with Crippen molar-refractivity contribution in [1.82, 2.24) is 24.3 Å². The molecule has 0 radical (unpaired) electrons. The lowest BCUT2D eigenvalue weighted by Gasteiger charge is -2.41. The molecule has 2 aliphatic rings. The lowest BCUT2D eigenvalue weighted by molar-refractivity contribution is 0.102. The number of para-hydroxylation sites is 1. The highest BCUT2D eigenvalue weighted by Crippen LogP contribution is 2.39. The summed E-state index contributed by atoms with van der Waals surface area (Å²) in [5, 5.41) is 5.79. The molecule has 0 bridgehead atoms. The molecule has 0 unspecified atom stereocenters. The third-order valence-electron chi connectivity index (χ3n) is 11.0. The fourth-order valence-electron chi connectivity index (χ4n) is 8.19. The van der Waals surface area contributed by atoms with Gasteiger partial charge in [-0.1, -0.05) is 18.6 Å². The van der Waals surface area contributed by atoms with Crippen molar-refractivity contribution in [3.05, 3.63) is 108 Å². The van der Waals surface area contributed by atoms with Gasteiger partial charge in [0.05, 0.1) is 42.0 Å². The molecule has 11 nitrogen and oxygen atoms in total. The number of hydrogen-bond acceptors (Lipinski definition) is 9. The van der Waals surface area contributed by atoms with Crippen LogP contribution in [-0.4, -0.2) is 76.1 Å². The number of aromatic nitrogens is 4. The van der Waals surface area contributed by atoms with Crippen LogP contribution in [0.1, 0.15) is 54.9 Å². The summed E-state index contributed by atoms with van der Waals surface area (Å²) < 4.78 is 42.8. The van der Waals surface area contributed by atoms with Gasteiger partial charge in [0.1, 0.15) is 34.5 Å². The summed E-state index contributed by atoms with van der Waals surface area (Å²) in [5.41, 5.74) is 5.47. The van der Waals surface area contributed by atoms with Gasteiger partial charge in [0.2, 0.25) is 5.95 Å². The number of anilines is 4. The number of fused-ring (bicyclic) bond motifs is 1. The number of hydrogen-bond donors (Lipinski definition) is 2. The van der Waals surface area contributed by atoms with E-state index in [0.29, 0.717) is 40.3 Å². The second-order valence-corrected chi connectivity index (χ2v) is 14.4. The molecule has 0 spiro atoms. The number of piperidine rings is 2. The van der Waals surface area contributed by atoms with E-state index in [0.717, 1.165) is 55.1 Å². The third kappa shape index (κ3) is 7.71. The zero-order chi connectivity index (χ0) is 39.5. The first-order valence-corrected chi connectivity index (χ1v) is 19.6. The van der Waals surface area contributed by atoms with Crippen molar-refractivity contribution < 1.29 is 23.0 Å². The normalized spacial score (nSPS) is 15.1. The molecule has 0 atom stereocenters. The van der Waals surface area contributed by atoms with Crippen LogP contribution in [0.3, 0.4) is 0 Å². The molecule has 2 N–H and O–H groups in total. The molecule has 2 saturated heterocycles. The zero-order valence-electron chi connectivity index (χ0n) is 32.4. The van der Waals surface area contributed by atoms with Crippen molar-refractivity contribution >= 4 is 34.6 Å². The van der Waals surface area contributed by atoms with Crippen LogP contribution in [0.15, 0.2) is 85.2 Å². The number of methoxy groups -OCH3 is 1. The van der Waals surface area contributed by atoms with Crippen LogP contribution in [-0.2, 0) is 0 Å². The number of ether oxygens (including phenoxy) is 2. The van der Waals surface area contributed by atoms with E-state index in [1.54, 1.807) is 44.5 Å². The SMILES string of the molecule is CCOc1ccc(-c2nc3ccccn3c2-c2ccnc(Nc3ccc(N4CCC(N5CCCCC5)CC4)c(C)c3OC)n2)cc1C(=O)Nc1c(F)cccc1F. The Morgan fingerprint density at radius 2 is 1.70 bits per heavy atom. The average molecular weight is 773 g/mol. The summed E-state index contributed by atoms with van der Waals surface area (Å²) in [6, 6.07) is 20.7. The van der Waals surface area contributed by atoms with Gasteiger partial charge in [0, 0.05) is 48.3 Å². The van der Waals surface area contributed by atoms with Crippen molar-refractivity contribution in [2.45, 2.75) is 52.0 Å². The van der Waals surface area contributed by atoms with E-state index in [4.69, 9.17) is 19.4 Å². The summed E-state index contributed by atoms with van der Waals surface area (Å²) in [4.78, 5) is 33.2. The molecule has 3 aromatic carbocycles. The second-order valence-electron chi connectivity index (χ2n) is 14.4. The van der Waals surface area contributed by atoms with Crippen LogP contribution >= 0.6 is 0 Å². The summed E-state index contributed by atoms with van der Waals surface area (Å²) in [5.74, 6) is -1.17. The molecular weight excluding hydrogens is 727 g/mol. The van der Waals surface area contributed by atoms with Gasteiger partial charge in [0.15, 0.2) is 0 Å². The maximum absolute atomic E-state index is 14.5. The molecule has 13 heteroatoms. The molecular formula is C44H46F2N8O3. The standard InChI is InChI=1S/C44H46F2N8O3/c1-4-57-37-17-14-29(27-31(37)43(55)51-40-32(45)11-10-12-33(40)46)39-41(54-24-9-6-13-38(54)50-39)34-18-21-47-44(48-34)49-35-15-16-36(28(2)42(35)56-3)53-25-19-30(20-26-53)52-22-7-5-8-23-52/h6,9-18,21,24,27,30H,4-5,7-8,19-20,22-23,25-26H2,1-3H3,(H,51,55)(H,47,48,49). The first-order valence-electron chi connectivity index (χ1n) is 19.6. The van der Waals surface area contributed by atoms with Gasteiger partial charge in [-0.15, -0.1) is 0 Å². The Hall–Kier alpha value is -6.08. The third-order valence-corrected chi connectivity index (χ3v) is 11.0. The molecule has 57 heavy (non-hydrogen) atoms. The number of carbonyl (C=O) groups is 1. The average Bonchev–Trinajstić information content (AvgIpc) is 3.63. The number of benzene rings is 3. The molecule has 5 heterocycles. The smallest absolute Gasteiger partial charge is 0.259 e. The zero-order valence-corrected chi connectivity index (χ0v) is 32.4. The van der Waals surface area contributed by atoms with Gasteiger partial charge in [-0.3, -0.25) is 9.20 Å². The van der Waals surface area contributed by atoms with Gasteiger partial charge in [-0.25, -0.2) is 23.7 Å².